The van der Waals surface area contributed by atoms with Gasteiger partial charge in [-0.3, -0.25) is 4.79 Å². The van der Waals surface area contributed by atoms with Crippen molar-refractivity contribution in [2.75, 3.05) is 20.3 Å². The maximum Gasteiger partial charge on any atom is 0.222 e. The van der Waals surface area contributed by atoms with Gasteiger partial charge >= 0.3 is 0 Å². The van der Waals surface area contributed by atoms with Gasteiger partial charge in [-0.05, 0) is 43.2 Å². The van der Waals surface area contributed by atoms with Crippen LogP contribution in [-0.4, -0.2) is 31.1 Å². The Kier molecular flexibility index (Phi) is 7.15. The zero-order valence-electron chi connectivity index (χ0n) is 14.4. The maximum absolute atomic E-state index is 12.3. The molecule has 2 aromatic carbocycles. The van der Waals surface area contributed by atoms with Crippen molar-refractivity contribution in [1.82, 2.24) is 4.90 Å². The second-order valence-corrected chi connectivity index (χ2v) is 5.52. The summed E-state index contributed by atoms with van der Waals surface area (Å²) in [6.45, 7) is 3.91. The fourth-order valence-corrected chi connectivity index (χ4v) is 2.42. The van der Waals surface area contributed by atoms with E-state index in [0.717, 1.165) is 17.1 Å². The second kappa shape index (κ2) is 9.60. The molecule has 2 rings (SSSR count). The van der Waals surface area contributed by atoms with Crippen LogP contribution in [0.3, 0.4) is 0 Å². The summed E-state index contributed by atoms with van der Waals surface area (Å²) in [6.07, 6.45) is 1.20. The topological polar surface area (TPSA) is 38.8 Å². The van der Waals surface area contributed by atoms with Crippen LogP contribution in [0.15, 0.2) is 54.6 Å². The number of hydrogen-bond acceptors (Lipinski definition) is 3. The van der Waals surface area contributed by atoms with E-state index in [1.54, 1.807) is 7.11 Å². The first kappa shape index (κ1) is 17.9. The predicted molar refractivity (Wildman–Crippen MR) is 95.3 cm³/mol. The molecule has 0 aliphatic carbocycles. The van der Waals surface area contributed by atoms with Gasteiger partial charge in [0.05, 0.1) is 13.7 Å². The molecule has 0 spiro atoms. The van der Waals surface area contributed by atoms with Gasteiger partial charge in [-0.1, -0.05) is 30.3 Å². The lowest BCUT2D eigenvalue weighted by Gasteiger charge is -2.21. The molecular formula is C20H25NO3. The minimum absolute atomic E-state index is 0.166. The molecule has 0 aromatic heterocycles. The van der Waals surface area contributed by atoms with Gasteiger partial charge in [-0.2, -0.15) is 0 Å². The highest BCUT2D eigenvalue weighted by Gasteiger charge is 2.11. The van der Waals surface area contributed by atoms with E-state index in [2.05, 4.69) is 0 Å². The van der Waals surface area contributed by atoms with Crippen LogP contribution in [0.4, 0.5) is 0 Å². The standard InChI is InChI=1S/C20H25NO3/c1-3-21(16-17-8-5-4-6-9-17)20(22)10-7-15-24-19-13-11-18(23-2)12-14-19/h4-6,8-9,11-14H,3,7,10,15-16H2,1-2H3. The Hall–Kier alpha value is -2.49. The van der Waals surface area contributed by atoms with Crippen molar-refractivity contribution >= 4 is 5.91 Å². The van der Waals surface area contributed by atoms with Gasteiger partial charge in [0.15, 0.2) is 0 Å². The minimum Gasteiger partial charge on any atom is -0.497 e. The third-order valence-corrected chi connectivity index (χ3v) is 3.81. The van der Waals surface area contributed by atoms with Crippen molar-refractivity contribution in [1.29, 1.82) is 0 Å². The minimum atomic E-state index is 0.166. The molecule has 0 N–H and O–H groups in total. The first-order chi connectivity index (χ1) is 11.7. The van der Waals surface area contributed by atoms with Crippen molar-refractivity contribution in [3.05, 3.63) is 60.2 Å². The lowest BCUT2D eigenvalue weighted by Crippen LogP contribution is -2.30. The van der Waals surface area contributed by atoms with Gasteiger partial charge in [-0.25, -0.2) is 0 Å². The zero-order chi connectivity index (χ0) is 17.2. The van der Waals surface area contributed by atoms with Crippen LogP contribution in [0.5, 0.6) is 11.5 Å². The van der Waals surface area contributed by atoms with Gasteiger partial charge in [0, 0.05) is 19.5 Å². The van der Waals surface area contributed by atoms with Crippen molar-refractivity contribution < 1.29 is 14.3 Å². The molecule has 0 saturated heterocycles. The highest BCUT2D eigenvalue weighted by Crippen LogP contribution is 2.17. The lowest BCUT2D eigenvalue weighted by atomic mass is 10.2. The molecule has 0 heterocycles. The van der Waals surface area contributed by atoms with Gasteiger partial charge in [0.2, 0.25) is 5.91 Å². The van der Waals surface area contributed by atoms with Crippen LogP contribution >= 0.6 is 0 Å². The van der Waals surface area contributed by atoms with E-state index in [-0.39, 0.29) is 5.91 Å². The average molecular weight is 327 g/mol. The third kappa shape index (κ3) is 5.61. The molecule has 128 valence electrons. The molecule has 0 aliphatic rings. The molecule has 4 nitrogen and oxygen atoms in total. The van der Waals surface area contributed by atoms with Crippen molar-refractivity contribution in [2.45, 2.75) is 26.3 Å². The third-order valence-electron chi connectivity index (χ3n) is 3.81. The fourth-order valence-electron chi connectivity index (χ4n) is 2.42. The first-order valence-electron chi connectivity index (χ1n) is 8.31. The van der Waals surface area contributed by atoms with Crippen molar-refractivity contribution in [2.24, 2.45) is 0 Å². The van der Waals surface area contributed by atoms with Crippen LogP contribution in [-0.2, 0) is 11.3 Å². The molecular weight excluding hydrogens is 302 g/mol. The number of amides is 1. The molecule has 0 unspecified atom stereocenters. The van der Waals surface area contributed by atoms with E-state index in [1.807, 2.05) is 66.4 Å². The fraction of sp³-hybridized carbons (Fsp3) is 0.350. The van der Waals surface area contributed by atoms with E-state index in [9.17, 15) is 4.79 Å². The van der Waals surface area contributed by atoms with Crippen LogP contribution in [0.25, 0.3) is 0 Å². The van der Waals surface area contributed by atoms with E-state index in [0.29, 0.717) is 32.5 Å². The Bertz CT molecular complexity index is 611. The zero-order valence-corrected chi connectivity index (χ0v) is 14.4. The number of benzene rings is 2. The predicted octanol–water partition coefficient (Wildman–Crippen LogP) is 3.90. The average Bonchev–Trinajstić information content (AvgIpc) is 2.64. The Morgan fingerprint density at radius 1 is 1.00 bits per heavy atom. The number of rotatable bonds is 9. The molecule has 24 heavy (non-hydrogen) atoms. The normalized spacial score (nSPS) is 10.2. The molecule has 0 aliphatic heterocycles. The molecule has 0 bridgehead atoms. The Labute approximate surface area is 144 Å². The number of nitrogens with zero attached hydrogens (tertiary/aromatic N) is 1. The number of carbonyl (C=O) groups excluding carboxylic acids is 1. The molecule has 4 heteroatoms. The maximum atomic E-state index is 12.3. The number of ether oxygens (including phenoxy) is 2. The SMILES string of the molecule is CCN(Cc1ccccc1)C(=O)CCCOc1ccc(OC)cc1. The van der Waals surface area contributed by atoms with Gasteiger partial charge in [-0.15, -0.1) is 0 Å². The smallest absolute Gasteiger partial charge is 0.222 e. The number of methoxy groups -OCH3 is 1. The van der Waals surface area contributed by atoms with Crippen molar-refractivity contribution in [3.63, 3.8) is 0 Å². The summed E-state index contributed by atoms with van der Waals surface area (Å²) in [4.78, 5) is 14.2. The van der Waals surface area contributed by atoms with E-state index in [1.165, 1.54) is 0 Å². The Morgan fingerprint density at radius 2 is 1.67 bits per heavy atom. The molecule has 0 saturated carbocycles. The van der Waals surface area contributed by atoms with Crippen LogP contribution < -0.4 is 9.47 Å². The number of hydrogen-bond donors (Lipinski definition) is 0. The summed E-state index contributed by atoms with van der Waals surface area (Å²) in [5.41, 5.74) is 1.15. The van der Waals surface area contributed by atoms with Gasteiger partial charge in [0.25, 0.3) is 0 Å². The molecule has 0 radical (unpaired) electrons. The highest BCUT2D eigenvalue weighted by atomic mass is 16.5. The van der Waals surface area contributed by atoms with Gasteiger partial charge < -0.3 is 14.4 Å². The summed E-state index contributed by atoms with van der Waals surface area (Å²) in [5.74, 6) is 1.76. The lowest BCUT2D eigenvalue weighted by molar-refractivity contribution is -0.131. The highest BCUT2D eigenvalue weighted by molar-refractivity contribution is 5.76. The van der Waals surface area contributed by atoms with E-state index in [4.69, 9.17) is 9.47 Å². The van der Waals surface area contributed by atoms with E-state index >= 15 is 0 Å². The van der Waals surface area contributed by atoms with Crippen LogP contribution in [0.1, 0.15) is 25.3 Å². The molecule has 1 amide bonds. The molecule has 2 aromatic rings. The van der Waals surface area contributed by atoms with Crippen LogP contribution in [0.2, 0.25) is 0 Å². The van der Waals surface area contributed by atoms with Crippen molar-refractivity contribution in [3.8, 4) is 11.5 Å². The largest absolute Gasteiger partial charge is 0.497 e. The summed E-state index contributed by atoms with van der Waals surface area (Å²) in [7, 11) is 1.64. The Balaban J connectivity index is 1.72. The molecule has 0 fully saturated rings. The summed E-state index contributed by atoms with van der Waals surface area (Å²) >= 11 is 0. The van der Waals surface area contributed by atoms with E-state index < -0.39 is 0 Å². The monoisotopic (exact) mass is 327 g/mol. The molecule has 0 atom stereocenters. The summed E-state index contributed by atoms with van der Waals surface area (Å²) in [5, 5.41) is 0. The summed E-state index contributed by atoms with van der Waals surface area (Å²) in [6, 6.07) is 17.5. The number of carbonyl (C=O) groups is 1. The quantitative estimate of drug-likeness (QED) is 0.656. The Morgan fingerprint density at radius 3 is 2.29 bits per heavy atom. The van der Waals surface area contributed by atoms with Gasteiger partial charge in [0.1, 0.15) is 11.5 Å². The summed E-state index contributed by atoms with van der Waals surface area (Å²) < 4.78 is 10.8. The first-order valence-corrected chi connectivity index (χ1v) is 8.31. The second-order valence-electron chi connectivity index (χ2n) is 5.52. The van der Waals surface area contributed by atoms with Crippen LogP contribution in [0, 0.1) is 0 Å².